The molecule has 1 N–H and O–H groups in total. The number of pyridine rings is 1. The second-order valence-corrected chi connectivity index (χ2v) is 7.18. The Morgan fingerprint density at radius 1 is 1.38 bits per heavy atom. The van der Waals surface area contributed by atoms with Gasteiger partial charge in [-0.25, -0.2) is 4.98 Å². The van der Waals surface area contributed by atoms with E-state index in [1.165, 1.54) is 7.11 Å². The average molecular weight is 357 g/mol. The number of aliphatic hydroxyl groups is 1. The number of ether oxygens (including phenoxy) is 1. The lowest BCUT2D eigenvalue weighted by Gasteiger charge is -2.18. The molecule has 0 radical (unpaired) electrons. The van der Waals surface area contributed by atoms with Crippen LogP contribution in [0.2, 0.25) is 0 Å². The minimum atomic E-state index is -0.585. The second-order valence-electron chi connectivity index (χ2n) is 7.18. The molecular weight excluding hydrogens is 334 g/mol. The molecule has 0 unspecified atom stereocenters. The zero-order valence-corrected chi connectivity index (χ0v) is 15.1. The van der Waals surface area contributed by atoms with E-state index in [1.807, 2.05) is 19.1 Å². The molecule has 1 aliphatic carbocycles. The highest BCUT2D eigenvalue weighted by Gasteiger charge is 2.36. The lowest BCUT2D eigenvalue weighted by molar-refractivity contribution is 0.0760. The lowest BCUT2D eigenvalue weighted by Crippen LogP contribution is -2.30. The number of carbonyl (C=O) groups excluding carboxylic acids is 1. The number of β-amino-alcohol motifs (C(OH)–C–C–N with tert-alkyl or cyclic N) is 1. The first-order chi connectivity index (χ1) is 12.5. The molecule has 0 bridgehead atoms. The Bertz CT molecular complexity index is 832. The van der Waals surface area contributed by atoms with Crippen LogP contribution in [0.15, 0.2) is 16.7 Å². The largest absolute Gasteiger partial charge is 0.480 e. The molecule has 2 aromatic rings. The van der Waals surface area contributed by atoms with E-state index >= 15 is 0 Å². The zero-order chi connectivity index (χ0) is 18.3. The molecule has 1 saturated heterocycles. The van der Waals surface area contributed by atoms with Crippen molar-refractivity contribution in [2.24, 2.45) is 5.92 Å². The van der Waals surface area contributed by atoms with Crippen LogP contribution in [-0.4, -0.2) is 52.4 Å². The first-order valence-corrected chi connectivity index (χ1v) is 9.01. The van der Waals surface area contributed by atoms with Crippen LogP contribution in [0.5, 0.6) is 5.88 Å². The zero-order valence-electron chi connectivity index (χ0n) is 15.1. The molecule has 1 amide bonds. The van der Waals surface area contributed by atoms with Crippen molar-refractivity contribution >= 4 is 5.91 Å². The van der Waals surface area contributed by atoms with Gasteiger partial charge in [-0.1, -0.05) is 5.16 Å². The minimum absolute atomic E-state index is 0.0697. The van der Waals surface area contributed by atoms with Gasteiger partial charge in [-0.05, 0) is 37.8 Å². The molecule has 2 aromatic heterocycles. The SMILES string of the molecule is COc1nc2c(cc1C(=O)N1C[C@@H](Cc3cc(C)no3)[C@H](O)C1)CCC2. The first kappa shape index (κ1) is 17.0. The van der Waals surface area contributed by atoms with Crippen molar-refractivity contribution in [3.8, 4) is 5.88 Å². The summed E-state index contributed by atoms with van der Waals surface area (Å²) >= 11 is 0. The fourth-order valence-corrected chi connectivity index (χ4v) is 3.92. The Hall–Kier alpha value is -2.41. The number of aromatic nitrogens is 2. The summed E-state index contributed by atoms with van der Waals surface area (Å²) in [5.74, 6) is 0.899. The Labute approximate surface area is 152 Å². The topological polar surface area (TPSA) is 88.7 Å². The van der Waals surface area contributed by atoms with Crippen molar-refractivity contribution in [2.45, 2.75) is 38.7 Å². The third kappa shape index (κ3) is 3.07. The quantitative estimate of drug-likeness (QED) is 0.893. The molecule has 1 fully saturated rings. The smallest absolute Gasteiger partial charge is 0.259 e. The van der Waals surface area contributed by atoms with Crippen molar-refractivity contribution < 1.29 is 19.2 Å². The molecule has 0 aromatic carbocycles. The number of carbonyl (C=O) groups is 1. The summed E-state index contributed by atoms with van der Waals surface area (Å²) in [5, 5.41) is 14.3. The van der Waals surface area contributed by atoms with Crippen LogP contribution >= 0.6 is 0 Å². The summed E-state index contributed by atoms with van der Waals surface area (Å²) in [5.41, 5.74) is 3.45. The van der Waals surface area contributed by atoms with E-state index in [1.54, 1.807) is 4.90 Å². The van der Waals surface area contributed by atoms with E-state index in [2.05, 4.69) is 10.1 Å². The third-order valence-corrected chi connectivity index (χ3v) is 5.27. The van der Waals surface area contributed by atoms with Crippen LogP contribution in [0.1, 0.15) is 39.5 Å². The van der Waals surface area contributed by atoms with Crippen LogP contribution in [0.4, 0.5) is 0 Å². The number of nitrogens with zero attached hydrogens (tertiary/aromatic N) is 3. The molecule has 138 valence electrons. The fraction of sp³-hybridized carbons (Fsp3) is 0.526. The number of aliphatic hydroxyl groups excluding tert-OH is 1. The van der Waals surface area contributed by atoms with Gasteiger partial charge in [-0.15, -0.1) is 0 Å². The Morgan fingerprint density at radius 3 is 2.96 bits per heavy atom. The van der Waals surface area contributed by atoms with Gasteiger partial charge in [0.25, 0.3) is 5.91 Å². The molecule has 26 heavy (non-hydrogen) atoms. The van der Waals surface area contributed by atoms with E-state index in [0.717, 1.165) is 42.0 Å². The van der Waals surface area contributed by atoms with Gasteiger partial charge in [0.2, 0.25) is 5.88 Å². The van der Waals surface area contributed by atoms with Crippen molar-refractivity contribution in [3.63, 3.8) is 0 Å². The van der Waals surface area contributed by atoms with Gasteiger partial charge >= 0.3 is 0 Å². The van der Waals surface area contributed by atoms with Crippen LogP contribution in [-0.2, 0) is 19.3 Å². The van der Waals surface area contributed by atoms with Crippen LogP contribution in [0.3, 0.4) is 0 Å². The standard InChI is InChI=1S/C19H23N3O4/c1-11-6-14(26-21-11)7-13-9-22(10-17(13)23)19(24)15-8-12-4-3-5-16(12)20-18(15)25-2/h6,8,13,17,23H,3-5,7,9-10H2,1-2H3/t13-,17-/m1/s1. The number of methoxy groups -OCH3 is 1. The molecule has 7 nitrogen and oxygen atoms in total. The number of aryl methyl sites for hydroxylation is 3. The van der Waals surface area contributed by atoms with Gasteiger partial charge in [0, 0.05) is 37.2 Å². The predicted molar refractivity (Wildman–Crippen MR) is 93.2 cm³/mol. The number of hydrogen-bond donors (Lipinski definition) is 1. The normalized spacial score (nSPS) is 21.9. The van der Waals surface area contributed by atoms with Gasteiger partial charge < -0.3 is 19.3 Å². The van der Waals surface area contributed by atoms with E-state index in [9.17, 15) is 9.90 Å². The molecule has 1 aliphatic heterocycles. The summed E-state index contributed by atoms with van der Waals surface area (Å²) in [4.78, 5) is 19.2. The lowest BCUT2D eigenvalue weighted by atomic mass is 10.0. The monoisotopic (exact) mass is 357 g/mol. The van der Waals surface area contributed by atoms with Gasteiger partial charge in [0.05, 0.1) is 18.9 Å². The molecule has 4 rings (SSSR count). The summed E-state index contributed by atoms with van der Waals surface area (Å²) in [6.45, 7) is 2.64. The van der Waals surface area contributed by atoms with E-state index in [4.69, 9.17) is 9.26 Å². The molecule has 0 saturated carbocycles. The van der Waals surface area contributed by atoms with Gasteiger partial charge in [0.1, 0.15) is 11.3 Å². The summed E-state index contributed by atoms with van der Waals surface area (Å²) < 4.78 is 10.6. The molecule has 0 spiro atoms. The van der Waals surface area contributed by atoms with E-state index in [-0.39, 0.29) is 11.8 Å². The van der Waals surface area contributed by atoms with Crippen molar-refractivity contribution in [1.29, 1.82) is 0 Å². The number of hydrogen-bond acceptors (Lipinski definition) is 6. The van der Waals surface area contributed by atoms with Crippen molar-refractivity contribution in [3.05, 3.63) is 40.4 Å². The fourth-order valence-electron chi connectivity index (χ4n) is 3.92. The molecule has 7 heteroatoms. The average Bonchev–Trinajstić information content (AvgIpc) is 3.34. The molecule has 2 aliphatic rings. The van der Waals surface area contributed by atoms with Crippen LogP contribution in [0.25, 0.3) is 0 Å². The second kappa shape index (κ2) is 6.72. The summed E-state index contributed by atoms with van der Waals surface area (Å²) in [7, 11) is 1.54. The van der Waals surface area contributed by atoms with Gasteiger partial charge in [0.15, 0.2) is 0 Å². The maximum atomic E-state index is 13.0. The maximum Gasteiger partial charge on any atom is 0.259 e. The highest BCUT2D eigenvalue weighted by molar-refractivity contribution is 5.97. The van der Waals surface area contributed by atoms with Gasteiger partial charge in [-0.3, -0.25) is 4.79 Å². The first-order valence-electron chi connectivity index (χ1n) is 9.01. The van der Waals surface area contributed by atoms with Crippen molar-refractivity contribution in [1.82, 2.24) is 15.0 Å². The molecule has 3 heterocycles. The predicted octanol–water partition coefficient (Wildman–Crippen LogP) is 1.55. The van der Waals surface area contributed by atoms with Gasteiger partial charge in [-0.2, -0.15) is 0 Å². The number of fused-ring (bicyclic) bond motifs is 1. The van der Waals surface area contributed by atoms with Crippen molar-refractivity contribution in [2.75, 3.05) is 20.2 Å². The number of likely N-dealkylation sites (tertiary alicyclic amines) is 1. The third-order valence-electron chi connectivity index (χ3n) is 5.27. The highest BCUT2D eigenvalue weighted by atomic mass is 16.5. The van der Waals surface area contributed by atoms with E-state index < -0.39 is 6.10 Å². The number of amides is 1. The summed E-state index contributed by atoms with van der Waals surface area (Å²) in [6.07, 6.45) is 2.91. The molecular formula is C19H23N3O4. The maximum absolute atomic E-state index is 13.0. The highest BCUT2D eigenvalue weighted by Crippen LogP contribution is 2.29. The Morgan fingerprint density at radius 2 is 2.23 bits per heavy atom. The number of rotatable bonds is 4. The van der Waals surface area contributed by atoms with Crippen LogP contribution in [0, 0.1) is 12.8 Å². The Balaban J connectivity index is 1.52. The molecule has 2 atom stereocenters. The van der Waals surface area contributed by atoms with E-state index in [0.29, 0.717) is 31.0 Å². The van der Waals surface area contributed by atoms with Crippen LogP contribution < -0.4 is 4.74 Å². The minimum Gasteiger partial charge on any atom is -0.480 e. The Kier molecular flexibility index (Phi) is 4.40. The summed E-state index contributed by atoms with van der Waals surface area (Å²) in [6, 6.07) is 3.78.